The molecule has 0 atom stereocenters. The average molecular weight is 237 g/mol. The molecule has 0 unspecified atom stereocenters. The maximum absolute atomic E-state index is 5.45. The summed E-state index contributed by atoms with van der Waals surface area (Å²) in [7, 11) is 3.88. The average Bonchev–Trinajstić information content (AvgIpc) is 2.18. The Morgan fingerprint density at radius 2 is 2.06 bits per heavy atom. The Morgan fingerprint density at radius 3 is 2.69 bits per heavy atom. The number of hydrogen-bond acceptors (Lipinski definition) is 3. The lowest BCUT2D eigenvalue weighted by molar-refractivity contribution is 0.412. The van der Waals surface area contributed by atoms with E-state index in [0.29, 0.717) is 0 Å². The van der Waals surface area contributed by atoms with Gasteiger partial charge in [0, 0.05) is 23.2 Å². The van der Waals surface area contributed by atoms with E-state index in [4.69, 9.17) is 4.74 Å². The number of methoxy groups -OCH3 is 1. The lowest BCUT2D eigenvalue weighted by atomic mass is 10.1. The standard InChI is InChI=1S/C13H19NOS/c1-9-6-7-10(15-5)11-12(9)16-13(2,3)8-14(11)4/h6-7H,8H2,1-5H3. The molecule has 0 fully saturated rings. The Hall–Kier alpha value is -0.830. The molecule has 0 saturated heterocycles. The van der Waals surface area contributed by atoms with Crippen LogP contribution in [0.5, 0.6) is 5.75 Å². The second-order valence-electron chi connectivity index (χ2n) is 4.98. The molecule has 0 N–H and O–H groups in total. The van der Waals surface area contributed by atoms with Crippen LogP contribution < -0.4 is 9.64 Å². The van der Waals surface area contributed by atoms with Crippen molar-refractivity contribution in [3.05, 3.63) is 17.7 Å². The van der Waals surface area contributed by atoms with E-state index in [0.717, 1.165) is 12.3 Å². The maximum atomic E-state index is 5.45. The van der Waals surface area contributed by atoms with Gasteiger partial charge in [-0.2, -0.15) is 0 Å². The normalized spacial score (nSPS) is 18.2. The number of benzene rings is 1. The van der Waals surface area contributed by atoms with Crippen molar-refractivity contribution in [3.8, 4) is 5.75 Å². The summed E-state index contributed by atoms with van der Waals surface area (Å²) in [5, 5.41) is 0. The Kier molecular flexibility index (Phi) is 2.82. The second kappa shape index (κ2) is 3.88. The third-order valence-electron chi connectivity index (χ3n) is 2.89. The minimum Gasteiger partial charge on any atom is -0.495 e. The Balaban J connectivity index is 2.58. The molecule has 1 heterocycles. The van der Waals surface area contributed by atoms with Gasteiger partial charge in [-0.1, -0.05) is 6.07 Å². The van der Waals surface area contributed by atoms with E-state index in [2.05, 4.69) is 44.9 Å². The molecule has 1 aromatic carbocycles. The summed E-state index contributed by atoms with van der Waals surface area (Å²) in [6, 6.07) is 4.20. The van der Waals surface area contributed by atoms with Gasteiger partial charge >= 0.3 is 0 Å². The van der Waals surface area contributed by atoms with E-state index < -0.39 is 0 Å². The highest BCUT2D eigenvalue weighted by molar-refractivity contribution is 8.01. The third kappa shape index (κ3) is 1.88. The van der Waals surface area contributed by atoms with Crippen molar-refractivity contribution < 1.29 is 4.74 Å². The largest absolute Gasteiger partial charge is 0.495 e. The van der Waals surface area contributed by atoms with E-state index in [-0.39, 0.29) is 4.75 Å². The first-order chi connectivity index (χ1) is 7.44. The zero-order valence-electron chi connectivity index (χ0n) is 10.6. The molecule has 2 rings (SSSR count). The highest BCUT2D eigenvalue weighted by Crippen LogP contribution is 2.49. The molecule has 0 aliphatic carbocycles. The van der Waals surface area contributed by atoms with Crippen LogP contribution >= 0.6 is 11.8 Å². The molecule has 16 heavy (non-hydrogen) atoms. The van der Waals surface area contributed by atoms with Gasteiger partial charge < -0.3 is 9.64 Å². The van der Waals surface area contributed by atoms with Crippen LogP contribution in [0, 0.1) is 6.92 Å². The third-order valence-corrected chi connectivity index (χ3v) is 4.29. The van der Waals surface area contributed by atoms with Crippen molar-refractivity contribution in [2.75, 3.05) is 25.6 Å². The zero-order valence-corrected chi connectivity index (χ0v) is 11.4. The van der Waals surface area contributed by atoms with Gasteiger partial charge in [-0.3, -0.25) is 0 Å². The monoisotopic (exact) mass is 237 g/mol. The minimum atomic E-state index is 0.263. The first-order valence-electron chi connectivity index (χ1n) is 5.52. The fourth-order valence-corrected chi connectivity index (χ4v) is 3.66. The van der Waals surface area contributed by atoms with E-state index in [1.807, 2.05) is 11.8 Å². The fourth-order valence-electron chi connectivity index (χ4n) is 2.27. The Labute approximate surface area is 102 Å². The fraction of sp³-hybridized carbons (Fsp3) is 0.538. The van der Waals surface area contributed by atoms with Crippen molar-refractivity contribution in [2.45, 2.75) is 30.4 Å². The van der Waals surface area contributed by atoms with E-state index in [1.54, 1.807) is 7.11 Å². The van der Waals surface area contributed by atoms with Crippen LogP contribution in [0.3, 0.4) is 0 Å². The van der Waals surface area contributed by atoms with Crippen LogP contribution in [-0.4, -0.2) is 25.4 Å². The van der Waals surface area contributed by atoms with Crippen LogP contribution in [0.25, 0.3) is 0 Å². The van der Waals surface area contributed by atoms with Crippen molar-refractivity contribution in [3.63, 3.8) is 0 Å². The van der Waals surface area contributed by atoms with Gasteiger partial charge in [0.2, 0.25) is 0 Å². The highest BCUT2D eigenvalue weighted by atomic mass is 32.2. The van der Waals surface area contributed by atoms with Crippen LogP contribution in [0.15, 0.2) is 17.0 Å². The Morgan fingerprint density at radius 1 is 1.38 bits per heavy atom. The molecule has 2 nitrogen and oxygen atoms in total. The molecule has 0 radical (unpaired) electrons. The highest BCUT2D eigenvalue weighted by Gasteiger charge is 2.32. The van der Waals surface area contributed by atoms with Crippen LogP contribution in [0.1, 0.15) is 19.4 Å². The van der Waals surface area contributed by atoms with E-state index in [1.165, 1.54) is 16.1 Å². The molecule has 0 bridgehead atoms. The molecule has 0 spiro atoms. The second-order valence-corrected chi connectivity index (χ2v) is 6.70. The predicted octanol–water partition coefficient (Wildman–Crippen LogP) is 3.32. The van der Waals surface area contributed by atoms with Crippen LogP contribution in [-0.2, 0) is 0 Å². The van der Waals surface area contributed by atoms with Gasteiger partial charge in [0.05, 0.1) is 12.8 Å². The number of thioether (sulfide) groups is 1. The lowest BCUT2D eigenvalue weighted by Crippen LogP contribution is -2.38. The molecule has 1 aliphatic heterocycles. The maximum Gasteiger partial charge on any atom is 0.143 e. The summed E-state index contributed by atoms with van der Waals surface area (Å²) in [6.07, 6.45) is 0. The molecule has 0 aromatic heterocycles. The number of nitrogens with zero attached hydrogens (tertiary/aromatic N) is 1. The van der Waals surface area contributed by atoms with Crippen molar-refractivity contribution >= 4 is 17.4 Å². The first kappa shape index (κ1) is 11.6. The summed E-state index contributed by atoms with van der Waals surface area (Å²) in [5.41, 5.74) is 2.58. The number of hydrogen-bond donors (Lipinski definition) is 0. The number of rotatable bonds is 1. The summed E-state index contributed by atoms with van der Waals surface area (Å²) in [5.74, 6) is 0.978. The zero-order chi connectivity index (χ0) is 11.9. The van der Waals surface area contributed by atoms with Crippen LogP contribution in [0.2, 0.25) is 0 Å². The van der Waals surface area contributed by atoms with Gasteiger partial charge in [-0.05, 0) is 32.4 Å². The number of fused-ring (bicyclic) bond motifs is 1. The number of ether oxygens (including phenoxy) is 1. The molecule has 3 heteroatoms. The van der Waals surface area contributed by atoms with E-state index >= 15 is 0 Å². The van der Waals surface area contributed by atoms with Crippen molar-refractivity contribution in [2.24, 2.45) is 0 Å². The Bertz CT molecular complexity index is 415. The number of anilines is 1. The predicted molar refractivity (Wildman–Crippen MR) is 70.9 cm³/mol. The van der Waals surface area contributed by atoms with Gasteiger partial charge in [0.15, 0.2) is 0 Å². The molecule has 1 aromatic rings. The van der Waals surface area contributed by atoms with Gasteiger partial charge in [-0.25, -0.2) is 0 Å². The van der Waals surface area contributed by atoms with Crippen LogP contribution in [0.4, 0.5) is 5.69 Å². The van der Waals surface area contributed by atoms with Gasteiger partial charge in [0.25, 0.3) is 0 Å². The molecule has 0 amide bonds. The molecular weight excluding hydrogens is 218 g/mol. The summed E-state index contributed by atoms with van der Waals surface area (Å²) in [4.78, 5) is 3.66. The van der Waals surface area contributed by atoms with Gasteiger partial charge in [-0.15, -0.1) is 11.8 Å². The summed E-state index contributed by atoms with van der Waals surface area (Å²) in [6.45, 7) is 7.79. The minimum absolute atomic E-state index is 0.263. The molecule has 1 aliphatic rings. The SMILES string of the molecule is COc1ccc(C)c2c1N(C)CC(C)(C)S2. The van der Waals surface area contributed by atoms with Gasteiger partial charge in [0.1, 0.15) is 5.75 Å². The number of aryl methyl sites for hydroxylation is 1. The topological polar surface area (TPSA) is 12.5 Å². The summed E-state index contributed by atoms with van der Waals surface area (Å²) < 4.78 is 5.71. The molecular formula is C13H19NOS. The van der Waals surface area contributed by atoms with Crippen molar-refractivity contribution in [1.82, 2.24) is 0 Å². The molecule has 0 saturated carbocycles. The quantitative estimate of drug-likeness (QED) is 0.743. The molecule has 88 valence electrons. The summed E-state index contributed by atoms with van der Waals surface area (Å²) >= 11 is 1.95. The van der Waals surface area contributed by atoms with E-state index in [9.17, 15) is 0 Å². The first-order valence-corrected chi connectivity index (χ1v) is 6.34. The smallest absolute Gasteiger partial charge is 0.143 e. The van der Waals surface area contributed by atoms with Crippen molar-refractivity contribution in [1.29, 1.82) is 0 Å². The lowest BCUT2D eigenvalue weighted by Gasteiger charge is -2.39.